The Morgan fingerprint density at radius 2 is 1.91 bits per heavy atom. The average molecular weight is 511 g/mol. The number of anilines is 2. The van der Waals surface area contributed by atoms with E-state index in [2.05, 4.69) is 21.1 Å². The Bertz CT molecular complexity index is 1370. The summed E-state index contributed by atoms with van der Waals surface area (Å²) in [6, 6.07) is 13.6. The summed E-state index contributed by atoms with van der Waals surface area (Å²) in [4.78, 5) is 17.8. The Labute approximate surface area is 209 Å². The number of methoxy groups -OCH3 is 1. The van der Waals surface area contributed by atoms with Gasteiger partial charge in [-0.15, -0.1) is 0 Å². The molecular formula is C25H26N4O4S2. The van der Waals surface area contributed by atoms with Crippen molar-refractivity contribution in [3.8, 4) is 22.3 Å². The second-order valence-corrected chi connectivity index (χ2v) is 11.1. The zero-order valence-electron chi connectivity index (χ0n) is 19.5. The zero-order valence-corrected chi connectivity index (χ0v) is 21.1. The molecule has 0 spiro atoms. The molecule has 182 valence electrons. The number of amides is 1. The van der Waals surface area contributed by atoms with Crippen LogP contribution in [0.1, 0.15) is 36.9 Å². The van der Waals surface area contributed by atoms with Crippen molar-refractivity contribution in [2.24, 2.45) is 5.92 Å². The lowest BCUT2D eigenvalue weighted by Crippen LogP contribution is -2.20. The third kappa shape index (κ3) is 5.63. The van der Waals surface area contributed by atoms with Gasteiger partial charge in [0, 0.05) is 11.6 Å². The number of aromatic nitrogens is 1. The molecule has 0 radical (unpaired) electrons. The first-order valence-electron chi connectivity index (χ1n) is 11.3. The molecule has 0 atom stereocenters. The van der Waals surface area contributed by atoms with Crippen molar-refractivity contribution in [1.29, 1.82) is 5.26 Å². The average Bonchev–Trinajstić information content (AvgIpc) is 3.50. The number of carbonyl (C=O) groups is 1. The van der Waals surface area contributed by atoms with Crippen LogP contribution in [0.5, 0.6) is 5.75 Å². The lowest BCUT2D eigenvalue weighted by Gasteiger charge is -2.13. The predicted molar refractivity (Wildman–Crippen MR) is 136 cm³/mol. The smallest absolute Gasteiger partial charge is 0.265 e. The van der Waals surface area contributed by atoms with E-state index < -0.39 is 10.0 Å². The number of ether oxygens (including phenoxy) is 1. The molecule has 1 fully saturated rings. The molecular weight excluding hydrogens is 484 g/mol. The van der Waals surface area contributed by atoms with E-state index >= 15 is 0 Å². The van der Waals surface area contributed by atoms with E-state index in [-0.39, 0.29) is 28.9 Å². The summed E-state index contributed by atoms with van der Waals surface area (Å²) in [5.41, 5.74) is 2.54. The molecule has 2 N–H and O–H groups in total. The summed E-state index contributed by atoms with van der Waals surface area (Å²) < 4.78 is 34.4. The van der Waals surface area contributed by atoms with Crippen molar-refractivity contribution < 1.29 is 17.9 Å². The number of nitrogens with one attached hydrogen (secondary N) is 2. The van der Waals surface area contributed by atoms with Crippen molar-refractivity contribution in [3.63, 3.8) is 0 Å². The molecule has 0 bridgehead atoms. The zero-order chi connectivity index (χ0) is 25.0. The van der Waals surface area contributed by atoms with Gasteiger partial charge in [0.15, 0.2) is 5.13 Å². The minimum absolute atomic E-state index is 0.00853. The van der Waals surface area contributed by atoms with Crippen molar-refractivity contribution in [1.82, 2.24) is 4.98 Å². The molecule has 1 aromatic heterocycles. The van der Waals surface area contributed by atoms with E-state index in [1.165, 1.54) is 18.4 Å². The molecule has 10 heteroatoms. The maximum absolute atomic E-state index is 13.2. The van der Waals surface area contributed by atoms with Crippen molar-refractivity contribution in [2.75, 3.05) is 17.1 Å². The van der Waals surface area contributed by atoms with E-state index in [0.29, 0.717) is 22.1 Å². The number of benzene rings is 2. The van der Waals surface area contributed by atoms with Gasteiger partial charge in [0.2, 0.25) is 5.91 Å². The Hall–Kier alpha value is -3.42. The molecule has 1 aliphatic carbocycles. The molecule has 2 aromatic carbocycles. The molecule has 1 amide bonds. The Kier molecular flexibility index (Phi) is 7.38. The van der Waals surface area contributed by atoms with Crippen LogP contribution in [0.3, 0.4) is 0 Å². The summed E-state index contributed by atoms with van der Waals surface area (Å²) in [6.07, 6.45) is 4.19. The maximum atomic E-state index is 13.2. The molecule has 1 aliphatic rings. The summed E-state index contributed by atoms with van der Waals surface area (Å²) in [7, 11) is -2.56. The Balaban J connectivity index is 1.60. The minimum Gasteiger partial charge on any atom is -0.495 e. The molecule has 8 nitrogen and oxygen atoms in total. The number of aryl methyl sites for hydroxylation is 1. The third-order valence-corrected chi connectivity index (χ3v) is 8.48. The monoisotopic (exact) mass is 510 g/mol. The van der Waals surface area contributed by atoms with Gasteiger partial charge in [-0.3, -0.25) is 9.52 Å². The van der Waals surface area contributed by atoms with Gasteiger partial charge in [0.1, 0.15) is 10.6 Å². The number of hydrogen-bond acceptors (Lipinski definition) is 7. The van der Waals surface area contributed by atoms with Gasteiger partial charge in [-0.05, 0) is 61.2 Å². The van der Waals surface area contributed by atoms with Gasteiger partial charge < -0.3 is 10.1 Å². The van der Waals surface area contributed by atoms with Gasteiger partial charge in [0.05, 0.1) is 30.2 Å². The maximum Gasteiger partial charge on any atom is 0.265 e. The normalized spacial score (nSPS) is 13.9. The van der Waals surface area contributed by atoms with E-state index in [0.717, 1.165) is 36.1 Å². The highest BCUT2D eigenvalue weighted by atomic mass is 32.2. The fourth-order valence-electron chi connectivity index (χ4n) is 4.13. The largest absolute Gasteiger partial charge is 0.495 e. The Morgan fingerprint density at radius 3 is 2.57 bits per heavy atom. The van der Waals surface area contributed by atoms with Crippen LogP contribution < -0.4 is 14.8 Å². The van der Waals surface area contributed by atoms with Gasteiger partial charge in [0.25, 0.3) is 10.0 Å². The SMILES string of the molecule is COc1ccc(-c2sc(NC(=O)C3CCCC3)nc2C)cc1S(=O)(=O)Nc1ccc(CC#N)cc1. The second kappa shape index (κ2) is 10.5. The molecule has 3 aromatic rings. The highest BCUT2D eigenvalue weighted by Gasteiger charge is 2.25. The van der Waals surface area contributed by atoms with Crippen LogP contribution in [0.15, 0.2) is 47.4 Å². The second-order valence-electron chi connectivity index (χ2n) is 8.41. The summed E-state index contributed by atoms with van der Waals surface area (Å²) in [5.74, 6) is 0.227. The van der Waals surface area contributed by atoms with Crippen LogP contribution in [0.25, 0.3) is 10.4 Å². The molecule has 0 unspecified atom stereocenters. The fourth-order valence-corrected chi connectivity index (χ4v) is 6.35. The van der Waals surface area contributed by atoms with Crippen LogP contribution in [0.4, 0.5) is 10.8 Å². The molecule has 0 aliphatic heterocycles. The molecule has 1 saturated carbocycles. The first kappa shape index (κ1) is 24.7. The number of nitriles is 1. The number of carbonyl (C=O) groups excluding carboxylic acids is 1. The minimum atomic E-state index is -3.97. The van der Waals surface area contributed by atoms with Gasteiger partial charge in [-0.2, -0.15) is 5.26 Å². The first-order valence-corrected chi connectivity index (χ1v) is 13.6. The van der Waals surface area contributed by atoms with Crippen LogP contribution in [0.2, 0.25) is 0 Å². The van der Waals surface area contributed by atoms with Gasteiger partial charge in [-0.1, -0.05) is 36.3 Å². The van der Waals surface area contributed by atoms with E-state index in [1.54, 1.807) is 42.5 Å². The van der Waals surface area contributed by atoms with Gasteiger partial charge in [-0.25, -0.2) is 13.4 Å². The summed E-state index contributed by atoms with van der Waals surface area (Å²) in [6.45, 7) is 1.83. The molecule has 35 heavy (non-hydrogen) atoms. The highest BCUT2D eigenvalue weighted by molar-refractivity contribution is 7.92. The van der Waals surface area contributed by atoms with Gasteiger partial charge >= 0.3 is 0 Å². The van der Waals surface area contributed by atoms with Crippen LogP contribution in [-0.2, 0) is 21.2 Å². The van der Waals surface area contributed by atoms with Crippen molar-refractivity contribution in [2.45, 2.75) is 43.9 Å². The summed E-state index contributed by atoms with van der Waals surface area (Å²) >= 11 is 1.32. The number of hydrogen-bond donors (Lipinski definition) is 2. The number of rotatable bonds is 8. The van der Waals surface area contributed by atoms with Crippen molar-refractivity contribution >= 4 is 38.1 Å². The predicted octanol–water partition coefficient (Wildman–Crippen LogP) is 5.12. The quantitative estimate of drug-likeness (QED) is 0.434. The van der Waals surface area contributed by atoms with Crippen LogP contribution in [-0.4, -0.2) is 26.4 Å². The number of thiazole rings is 1. The highest BCUT2D eigenvalue weighted by Crippen LogP contribution is 2.37. The lowest BCUT2D eigenvalue weighted by atomic mass is 10.1. The van der Waals surface area contributed by atoms with Crippen LogP contribution in [0, 0.1) is 24.2 Å². The molecule has 4 rings (SSSR count). The topological polar surface area (TPSA) is 121 Å². The Morgan fingerprint density at radius 1 is 1.20 bits per heavy atom. The van der Waals surface area contributed by atoms with E-state index in [4.69, 9.17) is 10.00 Å². The first-order chi connectivity index (χ1) is 16.8. The van der Waals surface area contributed by atoms with Crippen LogP contribution >= 0.6 is 11.3 Å². The molecule has 1 heterocycles. The fraction of sp³-hybridized carbons (Fsp3) is 0.320. The molecule has 0 saturated heterocycles. The number of sulfonamides is 1. The number of nitrogens with zero attached hydrogens (tertiary/aromatic N) is 2. The van der Waals surface area contributed by atoms with E-state index in [9.17, 15) is 13.2 Å². The summed E-state index contributed by atoms with van der Waals surface area (Å²) in [5, 5.41) is 12.2. The van der Waals surface area contributed by atoms with Crippen molar-refractivity contribution in [3.05, 3.63) is 53.7 Å². The van der Waals surface area contributed by atoms with E-state index in [1.807, 2.05) is 6.92 Å². The standard InChI is InChI=1S/C25H26N4O4S2/c1-16-23(34-25(27-16)28-24(30)18-5-3-4-6-18)19-9-12-21(33-2)22(15-19)35(31,32)29-20-10-7-17(8-11-20)13-14-26/h7-12,15,18,29H,3-6,13H2,1-2H3,(H,27,28,30). The lowest BCUT2D eigenvalue weighted by molar-refractivity contribution is -0.119. The third-order valence-electron chi connectivity index (χ3n) is 5.96.